The largest absolute Gasteiger partial charge is 0.458 e. The van der Waals surface area contributed by atoms with Crippen molar-refractivity contribution in [3.63, 3.8) is 0 Å². The van der Waals surface area contributed by atoms with Gasteiger partial charge in [-0.1, -0.05) is 23.2 Å². The molecular formula is C10H8Cl3NO2. The second kappa shape index (κ2) is 5.06. The average molecular weight is 281 g/mol. The van der Waals surface area contributed by atoms with Crippen LogP contribution in [0, 0.1) is 0 Å². The van der Waals surface area contributed by atoms with Crippen molar-refractivity contribution in [2.24, 2.45) is 5.73 Å². The van der Waals surface area contributed by atoms with Gasteiger partial charge in [-0.25, -0.2) is 0 Å². The number of fused-ring (bicyclic) bond motifs is 1. The van der Waals surface area contributed by atoms with E-state index in [0.29, 0.717) is 26.8 Å². The van der Waals surface area contributed by atoms with E-state index in [-0.39, 0.29) is 24.4 Å². The van der Waals surface area contributed by atoms with Gasteiger partial charge in [-0.2, -0.15) is 0 Å². The van der Waals surface area contributed by atoms with Gasteiger partial charge in [0.05, 0.1) is 17.0 Å². The van der Waals surface area contributed by atoms with Crippen molar-refractivity contribution in [3.8, 4) is 0 Å². The zero-order chi connectivity index (χ0) is 11.0. The van der Waals surface area contributed by atoms with E-state index in [2.05, 4.69) is 0 Å². The van der Waals surface area contributed by atoms with Gasteiger partial charge in [0, 0.05) is 11.1 Å². The highest BCUT2D eigenvalue weighted by Gasteiger charge is 2.08. The Hall–Kier alpha value is -0.740. The Morgan fingerprint density at radius 1 is 1.25 bits per heavy atom. The lowest BCUT2D eigenvalue weighted by Crippen LogP contribution is -2.05. The molecule has 2 N–H and O–H groups in total. The van der Waals surface area contributed by atoms with Crippen LogP contribution in [0.3, 0.4) is 0 Å². The molecular weight excluding hydrogens is 272 g/mol. The lowest BCUT2D eigenvalue weighted by Gasteiger charge is -2.02. The smallest absolute Gasteiger partial charge is 0.193 e. The highest BCUT2D eigenvalue weighted by molar-refractivity contribution is 6.38. The minimum absolute atomic E-state index is 0. The molecule has 0 saturated heterocycles. The summed E-state index contributed by atoms with van der Waals surface area (Å²) in [7, 11) is 0. The van der Waals surface area contributed by atoms with E-state index in [4.69, 9.17) is 33.4 Å². The minimum Gasteiger partial charge on any atom is -0.458 e. The van der Waals surface area contributed by atoms with Crippen LogP contribution in [-0.4, -0.2) is 0 Å². The standard InChI is InChI=1S/C10H7Cl2NO2.ClH/c11-5-1-7-9(14)3-6(4-13)15-10(7)8(12)2-5;/h1-3H,4,13H2;1H. The fourth-order valence-electron chi connectivity index (χ4n) is 1.33. The number of rotatable bonds is 1. The van der Waals surface area contributed by atoms with Crippen molar-refractivity contribution in [3.05, 3.63) is 44.2 Å². The van der Waals surface area contributed by atoms with Gasteiger partial charge in [0.2, 0.25) is 0 Å². The van der Waals surface area contributed by atoms with Crippen LogP contribution in [0.2, 0.25) is 10.0 Å². The fraction of sp³-hybridized carbons (Fsp3) is 0.100. The lowest BCUT2D eigenvalue weighted by atomic mass is 10.2. The summed E-state index contributed by atoms with van der Waals surface area (Å²) in [5.41, 5.74) is 5.52. The van der Waals surface area contributed by atoms with E-state index < -0.39 is 0 Å². The Morgan fingerprint density at radius 2 is 1.94 bits per heavy atom. The van der Waals surface area contributed by atoms with Gasteiger partial charge >= 0.3 is 0 Å². The molecule has 16 heavy (non-hydrogen) atoms. The van der Waals surface area contributed by atoms with Gasteiger partial charge in [-0.3, -0.25) is 4.79 Å². The number of benzene rings is 1. The number of halogens is 3. The molecule has 0 amide bonds. The predicted octanol–water partition coefficient (Wildman–Crippen LogP) is 2.98. The lowest BCUT2D eigenvalue weighted by molar-refractivity contribution is 0.539. The molecule has 0 fully saturated rings. The first-order valence-electron chi connectivity index (χ1n) is 4.23. The van der Waals surface area contributed by atoms with Gasteiger partial charge in [-0.15, -0.1) is 12.4 Å². The van der Waals surface area contributed by atoms with Gasteiger partial charge in [-0.05, 0) is 12.1 Å². The fourth-order valence-corrected chi connectivity index (χ4v) is 1.86. The molecule has 6 heteroatoms. The predicted molar refractivity (Wildman–Crippen MR) is 67.6 cm³/mol. The van der Waals surface area contributed by atoms with E-state index in [1.807, 2.05) is 0 Å². The Bertz CT molecular complexity index is 580. The van der Waals surface area contributed by atoms with Crippen molar-refractivity contribution in [2.45, 2.75) is 6.54 Å². The molecule has 3 nitrogen and oxygen atoms in total. The van der Waals surface area contributed by atoms with Crippen LogP contribution in [0.5, 0.6) is 0 Å². The third kappa shape index (κ3) is 2.33. The molecule has 0 bridgehead atoms. The Labute approximate surface area is 108 Å². The molecule has 0 aliphatic heterocycles. The highest BCUT2D eigenvalue weighted by atomic mass is 35.5. The maximum absolute atomic E-state index is 11.6. The van der Waals surface area contributed by atoms with E-state index in [1.54, 1.807) is 0 Å². The van der Waals surface area contributed by atoms with Crippen LogP contribution in [0.1, 0.15) is 5.76 Å². The average Bonchev–Trinajstić information content (AvgIpc) is 2.19. The normalized spacial score (nSPS) is 10.2. The summed E-state index contributed by atoms with van der Waals surface area (Å²) < 4.78 is 5.36. The van der Waals surface area contributed by atoms with Crippen LogP contribution in [0.15, 0.2) is 27.4 Å². The SMILES string of the molecule is Cl.NCc1cc(=O)c2cc(Cl)cc(Cl)c2o1. The summed E-state index contributed by atoms with van der Waals surface area (Å²) in [6.07, 6.45) is 0. The van der Waals surface area contributed by atoms with Gasteiger partial charge in [0.1, 0.15) is 5.76 Å². The van der Waals surface area contributed by atoms with Gasteiger partial charge in [0.25, 0.3) is 0 Å². The third-order valence-corrected chi connectivity index (χ3v) is 2.50. The van der Waals surface area contributed by atoms with Crippen molar-refractivity contribution in [2.75, 3.05) is 0 Å². The first-order chi connectivity index (χ1) is 7.11. The Morgan fingerprint density at radius 3 is 2.56 bits per heavy atom. The van der Waals surface area contributed by atoms with Crippen LogP contribution >= 0.6 is 35.6 Å². The number of hydrogen-bond acceptors (Lipinski definition) is 3. The van der Waals surface area contributed by atoms with Crippen LogP contribution in [0.25, 0.3) is 11.0 Å². The molecule has 2 aromatic rings. The van der Waals surface area contributed by atoms with Gasteiger partial charge in [0.15, 0.2) is 11.0 Å². The summed E-state index contributed by atoms with van der Waals surface area (Å²) >= 11 is 11.7. The summed E-state index contributed by atoms with van der Waals surface area (Å²) in [4.78, 5) is 11.6. The minimum atomic E-state index is -0.193. The monoisotopic (exact) mass is 279 g/mol. The molecule has 86 valence electrons. The second-order valence-electron chi connectivity index (χ2n) is 3.05. The Kier molecular flexibility index (Phi) is 4.21. The summed E-state index contributed by atoms with van der Waals surface area (Å²) in [5, 5.41) is 1.08. The highest BCUT2D eigenvalue weighted by Crippen LogP contribution is 2.26. The zero-order valence-corrected chi connectivity index (χ0v) is 10.3. The maximum Gasteiger partial charge on any atom is 0.193 e. The van der Waals surface area contributed by atoms with E-state index in [9.17, 15) is 4.79 Å². The van der Waals surface area contributed by atoms with Crippen molar-refractivity contribution in [1.29, 1.82) is 0 Å². The summed E-state index contributed by atoms with van der Waals surface area (Å²) in [6.45, 7) is 0.157. The quantitative estimate of drug-likeness (QED) is 0.873. The summed E-state index contributed by atoms with van der Waals surface area (Å²) in [5.74, 6) is 0.400. The van der Waals surface area contributed by atoms with Crippen LogP contribution in [0.4, 0.5) is 0 Å². The molecule has 1 aromatic carbocycles. The second-order valence-corrected chi connectivity index (χ2v) is 3.89. The van der Waals surface area contributed by atoms with Crippen molar-refractivity contribution >= 4 is 46.6 Å². The molecule has 1 heterocycles. The summed E-state index contributed by atoms with van der Waals surface area (Å²) in [6, 6.07) is 4.39. The molecule has 0 unspecified atom stereocenters. The molecule has 0 atom stereocenters. The van der Waals surface area contributed by atoms with Crippen molar-refractivity contribution in [1.82, 2.24) is 0 Å². The third-order valence-electron chi connectivity index (χ3n) is 2.00. The molecule has 0 radical (unpaired) electrons. The van der Waals surface area contributed by atoms with E-state index in [0.717, 1.165) is 0 Å². The topological polar surface area (TPSA) is 56.2 Å². The first-order valence-corrected chi connectivity index (χ1v) is 4.99. The molecule has 0 saturated carbocycles. The van der Waals surface area contributed by atoms with Gasteiger partial charge < -0.3 is 10.2 Å². The van der Waals surface area contributed by atoms with E-state index in [1.165, 1.54) is 18.2 Å². The Balaban J connectivity index is 0.00000128. The maximum atomic E-state index is 11.6. The molecule has 0 aliphatic rings. The molecule has 0 aliphatic carbocycles. The molecule has 0 spiro atoms. The van der Waals surface area contributed by atoms with Crippen LogP contribution < -0.4 is 11.2 Å². The van der Waals surface area contributed by atoms with Crippen molar-refractivity contribution < 1.29 is 4.42 Å². The van der Waals surface area contributed by atoms with Crippen LogP contribution in [-0.2, 0) is 6.54 Å². The molecule has 2 rings (SSSR count). The number of nitrogens with two attached hydrogens (primary N) is 1. The van der Waals surface area contributed by atoms with E-state index >= 15 is 0 Å². The zero-order valence-electron chi connectivity index (χ0n) is 8.00. The molecule has 1 aromatic heterocycles. The number of hydrogen-bond donors (Lipinski definition) is 1. The first kappa shape index (κ1) is 13.3.